The van der Waals surface area contributed by atoms with Crippen molar-refractivity contribution in [3.63, 3.8) is 0 Å². The molecule has 0 unspecified atom stereocenters. The lowest BCUT2D eigenvalue weighted by Crippen LogP contribution is -2.14. The van der Waals surface area contributed by atoms with Crippen LogP contribution in [0.3, 0.4) is 0 Å². The van der Waals surface area contributed by atoms with Gasteiger partial charge in [0.1, 0.15) is 0 Å². The van der Waals surface area contributed by atoms with Crippen LogP contribution >= 0.6 is 0 Å². The third-order valence-corrected chi connectivity index (χ3v) is 1.92. The van der Waals surface area contributed by atoms with Crippen molar-refractivity contribution < 1.29 is 4.79 Å². The topological polar surface area (TPSA) is 93.8 Å². The molecule has 0 radical (unpaired) electrons. The molecule has 0 saturated carbocycles. The Hall–Kier alpha value is -2.50. The van der Waals surface area contributed by atoms with Crippen molar-refractivity contribution in [1.29, 1.82) is 0 Å². The van der Waals surface area contributed by atoms with Crippen LogP contribution in [-0.2, 0) is 0 Å². The lowest BCUT2D eigenvalue weighted by atomic mass is 10.3. The Bertz CT molecular complexity index is 500. The summed E-state index contributed by atoms with van der Waals surface area (Å²) in [5.41, 5.74) is 6.46. The average molecular weight is 215 g/mol. The van der Waals surface area contributed by atoms with Gasteiger partial charge in [-0.3, -0.25) is 4.79 Å². The molecule has 6 heteroatoms. The Kier molecular flexibility index (Phi) is 2.73. The van der Waals surface area contributed by atoms with Crippen molar-refractivity contribution in [3.05, 3.63) is 42.4 Å². The molecule has 2 rings (SSSR count). The highest BCUT2D eigenvalue weighted by Crippen LogP contribution is 2.13. The summed E-state index contributed by atoms with van der Waals surface area (Å²) in [5, 5.41) is 9.77. The zero-order valence-electron chi connectivity index (χ0n) is 8.29. The maximum absolute atomic E-state index is 11.7. The van der Waals surface area contributed by atoms with E-state index in [0.717, 1.165) is 0 Å². The number of amides is 1. The molecule has 80 valence electrons. The number of nitrogens with two attached hydrogens (primary N) is 1. The minimum absolute atomic E-state index is 0.319. The number of aromatic nitrogens is 3. The van der Waals surface area contributed by atoms with Gasteiger partial charge < -0.3 is 11.1 Å². The van der Waals surface area contributed by atoms with E-state index >= 15 is 0 Å². The Labute approximate surface area is 91.5 Å². The minimum atomic E-state index is -0.319. The molecule has 0 saturated heterocycles. The van der Waals surface area contributed by atoms with Gasteiger partial charge in [-0.2, -0.15) is 10.2 Å². The van der Waals surface area contributed by atoms with E-state index in [-0.39, 0.29) is 5.91 Å². The fourth-order valence-electron chi connectivity index (χ4n) is 1.13. The zero-order valence-corrected chi connectivity index (χ0v) is 8.29. The van der Waals surface area contributed by atoms with Crippen LogP contribution in [0.15, 0.2) is 36.8 Å². The highest BCUT2D eigenvalue weighted by atomic mass is 16.1. The van der Waals surface area contributed by atoms with Crippen LogP contribution in [0.2, 0.25) is 0 Å². The number of rotatable bonds is 2. The summed E-state index contributed by atoms with van der Waals surface area (Å²) in [4.78, 5) is 15.6. The van der Waals surface area contributed by atoms with Crippen LogP contribution in [0.1, 0.15) is 10.4 Å². The van der Waals surface area contributed by atoms with Crippen LogP contribution in [0.5, 0.6) is 0 Å². The summed E-state index contributed by atoms with van der Waals surface area (Å²) in [6.45, 7) is 0. The summed E-state index contributed by atoms with van der Waals surface area (Å²) in [6.07, 6.45) is 4.36. The molecule has 0 spiro atoms. The van der Waals surface area contributed by atoms with E-state index in [4.69, 9.17) is 5.73 Å². The Morgan fingerprint density at radius 3 is 2.81 bits per heavy atom. The van der Waals surface area contributed by atoms with Crippen LogP contribution < -0.4 is 11.1 Å². The van der Waals surface area contributed by atoms with Gasteiger partial charge in [-0.1, -0.05) is 0 Å². The molecule has 2 aromatic rings. The molecule has 0 atom stereocenters. The molecule has 0 fully saturated rings. The molecule has 0 aromatic carbocycles. The van der Waals surface area contributed by atoms with E-state index in [1.54, 1.807) is 24.4 Å². The van der Waals surface area contributed by atoms with Crippen molar-refractivity contribution in [2.24, 2.45) is 0 Å². The molecule has 0 aliphatic carbocycles. The van der Waals surface area contributed by atoms with Crippen molar-refractivity contribution in [2.45, 2.75) is 0 Å². The lowest BCUT2D eigenvalue weighted by molar-refractivity contribution is 0.102. The predicted molar refractivity (Wildman–Crippen MR) is 58.6 cm³/mol. The fourth-order valence-corrected chi connectivity index (χ4v) is 1.13. The molecule has 2 heterocycles. The second kappa shape index (κ2) is 4.35. The summed E-state index contributed by atoms with van der Waals surface area (Å²) in [7, 11) is 0. The Morgan fingerprint density at radius 2 is 2.12 bits per heavy atom. The smallest absolute Gasteiger partial charge is 0.258 e. The number of nitrogens with one attached hydrogen (secondary N) is 1. The van der Waals surface area contributed by atoms with Gasteiger partial charge in [0, 0.05) is 6.20 Å². The first-order chi connectivity index (χ1) is 7.77. The van der Waals surface area contributed by atoms with Gasteiger partial charge in [-0.25, -0.2) is 4.98 Å². The Balaban J connectivity index is 2.18. The van der Waals surface area contributed by atoms with Gasteiger partial charge in [0.15, 0.2) is 5.82 Å². The maximum Gasteiger partial charge on any atom is 0.258 e. The second-order valence-electron chi connectivity index (χ2n) is 3.03. The first-order valence-electron chi connectivity index (χ1n) is 4.56. The van der Waals surface area contributed by atoms with E-state index in [2.05, 4.69) is 20.5 Å². The summed E-state index contributed by atoms with van der Waals surface area (Å²) in [5.74, 6) is 0.0182. The number of hydrogen-bond donors (Lipinski definition) is 2. The van der Waals surface area contributed by atoms with Crippen LogP contribution in [0.4, 0.5) is 11.5 Å². The number of anilines is 2. The average Bonchev–Trinajstić information content (AvgIpc) is 2.33. The monoisotopic (exact) mass is 215 g/mol. The van der Waals surface area contributed by atoms with E-state index in [1.165, 1.54) is 12.4 Å². The molecule has 0 aliphatic heterocycles. The van der Waals surface area contributed by atoms with Crippen molar-refractivity contribution >= 4 is 17.4 Å². The molecule has 3 N–H and O–H groups in total. The van der Waals surface area contributed by atoms with Crippen molar-refractivity contribution in [3.8, 4) is 0 Å². The first kappa shape index (κ1) is 10.0. The number of pyridine rings is 1. The molecule has 1 amide bonds. The SMILES string of the molecule is Nc1cccnc1NC(=O)c1ccnnc1. The number of nitrogen functional groups attached to an aromatic ring is 1. The van der Waals surface area contributed by atoms with Gasteiger partial charge in [-0.05, 0) is 18.2 Å². The van der Waals surface area contributed by atoms with E-state index < -0.39 is 0 Å². The largest absolute Gasteiger partial charge is 0.396 e. The van der Waals surface area contributed by atoms with E-state index in [1.807, 2.05) is 0 Å². The fraction of sp³-hybridized carbons (Fsp3) is 0. The highest BCUT2D eigenvalue weighted by Gasteiger charge is 2.08. The zero-order chi connectivity index (χ0) is 11.4. The maximum atomic E-state index is 11.7. The summed E-state index contributed by atoms with van der Waals surface area (Å²) < 4.78 is 0. The number of carbonyl (C=O) groups excluding carboxylic acids is 1. The van der Waals surface area contributed by atoms with Gasteiger partial charge in [0.25, 0.3) is 5.91 Å². The molecule has 0 bridgehead atoms. The lowest BCUT2D eigenvalue weighted by Gasteiger charge is -2.05. The number of nitrogens with zero attached hydrogens (tertiary/aromatic N) is 3. The third kappa shape index (κ3) is 2.11. The molecule has 6 nitrogen and oxygen atoms in total. The first-order valence-corrected chi connectivity index (χ1v) is 4.56. The highest BCUT2D eigenvalue weighted by molar-refractivity contribution is 6.04. The van der Waals surface area contributed by atoms with Crippen LogP contribution in [0.25, 0.3) is 0 Å². The van der Waals surface area contributed by atoms with Crippen molar-refractivity contribution in [2.75, 3.05) is 11.1 Å². The Morgan fingerprint density at radius 1 is 1.25 bits per heavy atom. The molecule has 16 heavy (non-hydrogen) atoms. The number of carbonyl (C=O) groups is 1. The normalized spacial score (nSPS) is 9.75. The van der Waals surface area contributed by atoms with Gasteiger partial charge in [-0.15, -0.1) is 0 Å². The van der Waals surface area contributed by atoms with Crippen molar-refractivity contribution in [1.82, 2.24) is 15.2 Å². The van der Waals surface area contributed by atoms with Gasteiger partial charge in [0.2, 0.25) is 0 Å². The van der Waals surface area contributed by atoms with Gasteiger partial charge >= 0.3 is 0 Å². The minimum Gasteiger partial charge on any atom is -0.396 e. The molecule has 0 aliphatic rings. The quantitative estimate of drug-likeness (QED) is 0.769. The molecular formula is C10H9N5O. The van der Waals surface area contributed by atoms with Crippen LogP contribution in [0, 0.1) is 0 Å². The second-order valence-corrected chi connectivity index (χ2v) is 3.03. The standard InChI is InChI=1S/C10H9N5O/c11-8-2-1-4-12-9(8)15-10(16)7-3-5-13-14-6-7/h1-6H,11H2,(H,12,15,16). The van der Waals surface area contributed by atoms with E-state index in [0.29, 0.717) is 17.1 Å². The summed E-state index contributed by atoms with van der Waals surface area (Å²) in [6, 6.07) is 4.91. The predicted octanol–water partition coefficient (Wildman–Crippen LogP) is 0.706. The van der Waals surface area contributed by atoms with Gasteiger partial charge in [0.05, 0.1) is 23.6 Å². The summed E-state index contributed by atoms with van der Waals surface area (Å²) >= 11 is 0. The van der Waals surface area contributed by atoms with Crippen LogP contribution in [-0.4, -0.2) is 21.1 Å². The molecule has 2 aromatic heterocycles. The number of hydrogen-bond acceptors (Lipinski definition) is 5. The van der Waals surface area contributed by atoms with E-state index in [9.17, 15) is 4.79 Å². The molecular weight excluding hydrogens is 206 g/mol. The third-order valence-electron chi connectivity index (χ3n) is 1.92.